The summed E-state index contributed by atoms with van der Waals surface area (Å²) in [6.45, 7) is 9.32. The van der Waals surface area contributed by atoms with Crippen LogP contribution in [0.2, 0.25) is 0 Å². The minimum atomic E-state index is 0.912. The van der Waals surface area contributed by atoms with Crippen LogP contribution in [0.4, 0.5) is 11.4 Å². The summed E-state index contributed by atoms with van der Waals surface area (Å²) >= 11 is 0. The van der Waals surface area contributed by atoms with Gasteiger partial charge >= 0.3 is 0 Å². The van der Waals surface area contributed by atoms with Crippen molar-refractivity contribution in [1.82, 2.24) is 0 Å². The normalized spacial score (nSPS) is 18.2. The molecule has 2 fully saturated rings. The lowest BCUT2D eigenvalue weighted by molar-refractivity contribution is 0.324. The van der Waals surface area contributed by atoms with Crippen molar-refractivity contribution in [1.29, 1.82) is 0 Å². The fraction of sp³-hybridized carbons (Fsp3) is 0.478. The third-order valence-corrected chi connectivity index (χ3v) is 5.94. The smallest absolute Gasteiger partial charge is 0.0366 e. The summed E-state index contributed by atoms with van der Waals surface area (Å²) in [7, 11) is 0. The quantitative estimate of drug-likeness (QED) is 0.729. The molecule has 2 aromatic carbocycles. The van der Waals surface area contributed by atoms with Crippen LogP contribution in [0, 0.1) is 25.7 Å². The van der Waals surface area contributed by atoms with Gasteiger partial charge in [-0.15, -0.1) is 0 Å². The Bertz CT molecular complexity index is 616. The van der Waals surface area contributed by atoms with Crippen molar-refractivity contribution >= 4 is 11.4 Å². The number of nitrogens with zero attached hydrogens (tertiary/aromatic N) is 2. The highest BCUT2D eigenvalue weighted by molar-refractivity contribution is 5.50. The zero-order valence-electron chi connectivity index (χ0n) is 15.6. The molecule has 0 bridgehead atoms. The van der Waals surface area contributed by atoms with Crippen LogP contribution in [-0.2, 0) is 0 Å². The first-order valence-electron chi connectivity index (χ1n) is 9.80. The molecule has 0 unspecified atom stereocenters. The maximum absolute atomic E-state index is 2.52. The highest BCUT2D eigenvalue weighted by Crippen LogP contribution is 2.31. The molecule has 0 aliphatic carbocycles. The summed E-state index contributed by atoms with van der Waals surface area (Å²) in [6, 6.07) is 17.9. The molecule has 132 valence electrons. The summed E-state index contributed by atoms with van der Waals surface area (Å²) in [5.74, 6) is 1.82. The van der Waals surface area contributed by atoms with Gasteiger partial charge in [0.1, 0.15) is 0 Å². The number of anilines is 2. The van der Waals surface area contributed by atoms with Gasteiger partial charge < -0.3 is 9.80 Å². The summed E-state index contributed by atoms with van der Waals surface area (Å²) in [6.07, 6.45) is 4.21. The van der Waals surface area contributed by atoms with Crippen molar-refractivity contribution < 1.29 is 0 Å². The Kier molecular flexibility index (Phi) is 4.70. The van der Waals surface area contributed by atoms with Gasteiger partial charge in [0, 0.05) is 37.6 Å². The molecule has 4 rings (SSSR count). The van der Waals surface area contributed by atoms with E-state index in [4.69, 9.17) is 0 Å². The fourth-order valence-corrected chi connectivity index (χ4v) is 4.13. The summed E-state index contributed by atoms with van der Waals surface area (Å²) < 4.78 is 0. The van der Waals surface area contributed by atoms with Crippen LogP contribution in [-0.4, -0.2) is 26.2 Å². The molecule has 2 aromatic rings. The van der Waals surface area contributed by atoms with E-state index in [1.165, 1.54) is 67.9 Å². The van der Waals surface area contributed by atoms with Crippen molar-refractivity contribution in [3.63, 3.8) is 0 Å². The van der Waals surface area contributed by atoms with Gasteiger partial charge in [-0.2, -0.15) is 0 Å². The predicted molar refractivity (Wildman–Crippen MR) is 108 cm³/mol. The number of aryl methyl sites for hydroxylation is 2. The molecule has 25 heavy (non-hydrogen) atoms. The average molecular weight is 335 g/mol. The van der Waals surface area contributed by atoms with Crippen molar-refractivity contribution in [2.24, 2.45) is 11.8 Å². The molecule has 0 N–H and O–H groups in total. The van der Waals surface area contributed by atoms with Crippen molar-refractivity contribution in [2.45, 2.75) is 33.1 Å². The summed E-state index contributed by atoms with van der Waals surface area (Å²) in [5.41, 5.74) is 5.49. The van der Waals surface area contributed by atoms with Gasteiger partial charge in [-0.25, -0.2) is 0 Å². The molecule has 2 saturated heterocycles. The molecule has 0 radical (unpaired) electrons. The van der Waals surface area contributed by atoms with Gasteiger partial charge in [0.05, 0.1) is 0 Å². The van der Waals surface area contributed by atoms with E-state index < -0.39 is 0 Å². The van der Waals surface area contributed by atoms with Crippen LogP contribution in [0.5, 0.6) is 0 Å². The molecule has 0 saturated carbocycles. The lowest BCUT2D eigenvalue weighted by Gasteiger charge is -2.43. The maximum atomic E-state index is 2.52. The van der Waals surface area contributed by atoms with E-state index in [-0.39, 0.29) is 0 Å². The van der Waals surface area contributed by atoms with Crippen molar-refractivity contribution in [3.05, 3.63) is 59.7 Å². The van der Waals surface area contributed by atoms with Crippen LogP contribution < -0.4 is 9.80 Å². The molecular weight excluding hydrogens is 304 g/mol. The molecule has 2 heteroatoms. The van der Waals surface area contributed by atoms with Gasteiger partial charge in [-0.3, -0.25) is 0 Å². The maximum Gasteiger partial charge on any atom is 0.0366 e. The topological polar surface area (TPSA) is 6.48 Å². The molecule has 2 aliphatic rings. The zero-order valence-corrected chi connectivity index (χ0v) is 15.6. The van der Waals surface area contributed by atoms with Gasteiger partial charge in [0.25, 0.3) is 0 Å². The molecular formula is C23H30N2. The molecule has 0 amide bonds. The van der Waals surface area contributed by atoms with E-state index >= 15 is 0 Å². The third-order valence-electron chi connectivity index (χ3n) is 5.94. The average Bonchev–Trinajstić information content (AvgIpc) is 2.54. The van der Waals surface area contributed by atoms with Crippen LogP contribution in [0.25, 0.3) is 0 Å². The van der Waals surface area contributed by atoms with Crippen molar-refractivity contribution in [3.8, 4) is 0 Å². The molecule has 2 heterocycles. The molecule has 0 atom stereocenters. The van der Waals surface area contributed by atoms with E-state index in [2.05, 4.69) is 72.2 Å². The Hall–Kier alpha value is -1.96. The first-order chi connectivity index (χ1) is 12.2. The lowest BCUT2D eigenvalue weighted by Crippen LogP contribution is -2.48. The van der Waals surface area contributed by atoms with Gasteiger partial charge in [-0.05, 0) is 62.8 Å². The first kappa shape index (κ1) is 16.5. The predicted octanol–water partition coefficient (Wildman–Crippen LogP) is 5.05. The van der Waals surface area contributed by atoms with E-state index in [0.717, 1.165) is 11.8 Å². The lowest BCUT2D eigenvalue weighted by atomic mass is 9.88. The summed E-state index contributed by atoms with van der Waals surface area (Å²) in [5, 5.41) is 0. The van der Waals surface area contributed by atoms with Crippen molar-refractivity contribution in [2.75, 3.05) is 36.0 Å². The van der Waals surface area contributed by atoms with E-state index in [1.807, 2.05) is 0 Å². The molecule has 0 spiro atoms. The largest absolute Gasteiger partial charge is 0.371 e. The zero-order chi connectivity index (χ0) is 17.2. The second-order valence-corrected chi connectivity index (χ2v) is 8.14. The molecule has 2 aliphatic heterocycles. The Morgan fingerprint density at radius 3 is 1.36 bits per heavy atom. The highest BCUT2D eigenvalue weighted by Gasteiger charge is 2.29. The van der Waals surface area contributed by atoms with E-state index in [1.54, 1.807) is 0 Å². The van der Waals surface area contributed by atoms with E-state index in [9.17, 15) is 0 Å². The first-order valence-corrected chi connectivity index (χ1v) is 9.80. The highest BCUT2D eigenvalue weighted by atomic mass is 15.2. The standard InChI is InChI=1S/C23H30N2/c1-18-6-10-22(11-7-18)24-14-20(15-24)4-3-5-21-16-25(17-21)23-12-8-19(2)9-13-23/h6-13,20-21H,3-5,14-17H2,1-2H3. The van der Waals surface area contributed by atoms with Crippen LogP contribution >= 0.6 is 0 Å². The number of hydrogen-bond acceptors (Lipinski definition) is 2. The minimum Gasteiger partial charge on any atom is -0.371 e. The fourth-order valence-electron chi connectivity index (χ4n) is 4.13. The SMILES string of the molecule is Cc1ccc(N2CC(CCCC3CN(c4ccc(C)cc4)C3)C2)cc1. The van der Waals surface area contributed by atoms with Gasteiger partial charge in [0.15, 0.2) is 0 Å². The monoisotopic (exact) mass is 334 g/mol. The summed E-state index contributed by atoms with van der Waals surface area (Å²) in [4.78, 5) is 5.04. The Morgan fingerprint density at radius 2 is 1.00 bits per heavy atom. The number of benzene rings is 2. The Labute approximate surface area is 152 Å². The van der Waals surface area contributed by atoms with E-state index in [0.29, 0.717) is 0 Å². The second-order valence-electron chi connectivity index (χ2n) is 8.14. The van der Waals surface area contributed by atoms with Gasteiger partial charge in [-0.1, -0.05) is 41.8 Å². The molecule has 0 aromatic heterocycles. The van der Waals surface area contributed by atoms with Crippen LogP contribution in [0.1, 0.15) is 30.4 Å². The second kappa shape index (κ2) is 7.11. The number of rotatable bonds is 6. The molecule has 2 nitrogen and oxygen atoms in total. The van der Waals surface area contributed by atoms with Crippen LogP contribution in [0.3, 0.4) is 0 Å². The number of hydrogen-bond donors (Lipinski definition) is 0. The minimum absolute atomic E-state index is 0.912. The van der Waals surface area contributed by atoms with Crippen LogP contribution in [0.15, 0.2) is 48.5 Å². The van der Waals surface area contributed by atoms with Gasteiger partial charge in [0.2, 0.25) is 0 Å². The Morgan fingerprint density at radius 1 is 0.640 bits per heavy atom. The Balaban J connectivity index is 1.12. The third kappa shape index (κ3) is 3.84.